The van der Waals surface area contributed by atoms with Crippen LogP contribution in [-0.4, -0.2) is 35.0 Å². The Labute approximate surface area is 185 Å². The van der Waals surface area contributed by atoms with E-state index in [2.05, 4.69) is 26.0 Å². The molecule has 2 N–H and O–H groups in total. The van der Waals surface area contributed by atoms with Crippen molar-refractivity contribution in [2.75, 3.05) is 13.2 Å². The zero-order valence-electron chi connectivity index (χ0n) is 16.2. The van der Waals surface area contributed by atoms with Gasteiger partial charge >= 0.3 is 0 Å². The minimum Gasteiger partial charge on any atom is -0.490 e. The molecule has 0 atom stereocenters. The standard InChI is InChI=1S/C20H18BrClN4O4/c1-3-29-17-7-12(6-15(22)19(17)30-10-18(23)27)9-24-26-11(2)25-16-5-4-13(21)8-14(16)20(26)28/h4-9H,3,10H2,1-2H3,(H2,23,27). The molecule has 0 aliphatic heterocycles. The highest BCUT2D eigenvalue weighted by atomic mass is 79.9. The third-order valence-corrected chi connectivity index (χ3v) is 4.76. The molecule has 2 aromatic carbocycles. The number of fused-ring (bicyclic) bond motifs is 1. The number of amides is 1. The predicted molar refractivity (Wildman–Crippen MR) is 119 cm³/mol. The molecule has 1 amide bonds. The maximum Gasteiger partial charge on any atom is 0.282 e. The van der Waals surface area contributed by atoms with Gasteiger partial charge in [-0.3, -0.25) is 9.59 Å². The van der Waals surface area contributed by atoms with Crippen molar-refractivity contribution in [1.82, 2.24) is 9.66 Å². The summed E-state index contributed by atoms with van der Waals surface area (Å²) in [6.45, 7) is 3.51. The largest absolute Gasteiger partial charge is 0.490 e. The van der Waals surface area contributed by atoms with E-state index < -0.39 is 5.91 Å². The molecule has 1 heterocycles. The number of rotatable bonds is 7. The Morgan fingerprint density at radius 1 is 1.33 bits per heavy atom. The van der Waals surface area contributed by atoms with E-state index in [0.717, 1.165) is 4.47 Å². The van der Waals surface area contributed by atoms with E-state index in [1.807, 2.05) is 6.07 Å². The lowest BCUT2D eigenvalue weighted by atomic mass is 10.2. The van der Waals surface area contributed by atoms with Gasteiger partial charge in [0.25, 0.3) is 11.5 Å². The first-order valence-electron chi connectivity index (χ1n) is 8.91. The maximum atomic E-state index is 12.8. The van der Waals surface area contributed by atoms with Crippen LogP contribution in [0.5, 0.6) is 11.5 Å². The second kappa shape index (κ2) is 9.27. The molecule has 3 aromatic rings. The molecule has 3 rings (SSSR count). The summed E-state index contributed by atoms with van der Waals surface area (Å²) in [6, 6.07) is 8.50. The minimum atomic E-state index is -0.635. The van der Waals surface area contributed by atoms with Crippen LogP contribution < -0.4 is 20.8 Å². The van der Waals surface area contributed by atoms with Gasteiger partial charge < -0.3 is 15.2 Å². The molecule has 8 nitrogen and oxygen atoms in total. The van der Waals surface area contributed by atoms with Crippen molar-refractivity contribution in [2.45, 2.75) is 13.8 Å². The fraction of sp³-hybridized carbons (Fsp3) is 0.200. The molecule has 1 aromatic heterocycles. The first-order chi connectivity index (χ1) is 14.3. The van der Waals surface area contributed by atoms with E-state index in [0.29, 0.717) is 34.6 Å². The van der Waals surface area contributed by atoms with Crippen molar-refractivity contribution < 1.29 is 14.3 Å². The SMILES string of the molecule is CCOc1cc(C=Nn2c(C)nc3ccc(Br)cc3c2=O)cc(Cl)c1OCC(N)=O. The molecule has 0 bridgehead atoms. The molecule has 30 heavy (non-hydrogen) atoms. The lowest BCUT2D eigenvalue weighted by Gasteiger charge is -2.13. The van der Waals surface area contributed by atoms with Crippen molar-refractivity contribution in [2.24, 2.45) is 10.8 Å². The zero-order chi connectivity index (χ0) is 21.8. The number of halogens is 2. The average Bonchev–Trinajstić information content (AvgIpc) is 2.68. The van der Waals surface area contributed by atoms with Gasteiger partial charge in [0.15, 0.2) is 18.1 Å². The summed E-state index contributed by atoms with van der Waals surface area (Å²) in [4.78, 5) is 28.3. The number of hydrogen-bond donors (Lipinski definition) is 1. The second-order valence-electron chi connectivity index (χ2n) is 6.20. The van der Waals surface area contributed by atoms with E-state index in [1.165, 1.54) is 10.9 Å². The van der Waals surface area contributed by atoms with Gasteiger partial charge in [0.2, 0.25) is 0 Å². The van der Waals surface area contributed by atoms with Crippen molar-refractivity contribution in [3.8, 4) is 11.5 Å². The van der Waals surface area contributed by atoms with Gasteiger partial charge in [-0.2, -0.15) is 9.78 Å². The molecule has 0 radical (unpaired) electrons. The van der Waals surface area contributed by atoms with Crippen LogP contribution in [0.2, 0.25) is 5.02 Å². The van der Waals surface area contributed by atoms with Gasteiger partial charge in [0.05, 0.1) is 28.7 Å². The van der Waals surface area contributed by atoms with Crippen LogP contribution in [0.25, 0.3) is 10.9 Å². The maximum absolute atomic E-state index is 12.8. The second-order valence-corrected chi connectivity index (χ2v) is 7.52. The van der Waals surface area contributed by atoms with E-state index in [9.17, 15) is 9.59 Å². The fourth-order valence-corrected chi connectivity index (χ4v) is 3.36. The number of carbonyl (C=O) groups excluding carboxylic acids is 1. The molecule has 0 unspecified atom stereocenters. The Morgan fingerprint density at radius 3 is 2.80 bits per heavy atom. The highest BCUT2D eigenvalue weighted by molar-refractivity contribution is 9.10. The van der Waals surface area contributed by atoms with E-state index >= 15 is 0 Å². The van der Waals surface area contributed by atoms with Crippen molar-refractivity contribution in [3.05, 3.63) is 61.6 Å². The topological polar surface area (TPSA) is 109 Å². The quantitative estimate of drug-likeness (QED) is 0.508. The summed E-state index contributed by atoms with van der Waals surface area (Å²) in [5.41, 5.74) is 5.98. The van der Waals surface area contributed by atoms with E-state index in [4.69, 9.17) is 26.8 Å². The number of nitrogens with zero attached hydrogens (tertiary/aromatic N) is 3. The number of primary amides is 1. The molecule has 0 saturated carbocycles. The number of hydrogen-bond acceptors (Lipinski definition) is 6. The van der Waals surface area contributed by atoms with Gasteiger partial charge in [-0.05, 0) is 49.7 Å². The summed E-state index contributed by atoms with van der Waals surface area (Å²) in [5, 5.41) is 4.93. The Morgan fingerprint density at radius 2 is 2.10 bits per heavy atom. The lowest BCUT2D eigenvalue weighted by Crippen LogP contribution is -2.21. The van der Waals surface area contributed by atoms with Crippen LogP contribution in [0.1, 0.15) is 18.3 Å². The first-order valence-corrected chi connectivity index (χ1v) is 10.1. The summed E-state index contributed by atoms with van der Waals surface area (Å²) in [6.07, 6.45) is 1.46. The third-order valence-electron chi connectivity index (χ3n) is 3.98. The molecule has 0 aliphatic carbocycles. The summed E-state index contributed by atoms with van der Waals surface area (Å²) < 4.78 is 12.9. The molecule has 0 fully saturated rings. The Bertz CT molecular complexity index is 1210. The Kier molecular flexibility index (Phi) is 6.73. The highest BCUT2D eigenvalue weighted by Gasteiger charge is 2.14. The van der Waals surface area contributed by atoms with E-state index in [-0.39, 0.29) is 22.9 Å². The van der Waals surface area contributed by atoms with Crippen molar-refractivity contribution in [3.63, 3.8) is 0 Å². The normalized spacial score (nSPS) is 11.2. The molecule has 0 saturated heterocycles. The number of aryl methyl sites for hydroxylation is 1. The van der Waals surface area contributed by atoms with E-state index in [1.54, 1.807) is 38.1 Å². The molecular weight excluding hydrogens is 476 g/mol. The minimum absolute atomic E-state index is 0.208. The molecule has 0 aliphatic rings. The van der Waals surface area contributed by atoms with Crippen LogP contribution >= 0.6 is 27.5 Å². The van der Waals surface area contributed by atoms with Crippen molar-refractivity contribution >= 4 is 50.6 Å². The number of ether oxygens (including phenoxy) is 2. The zero-order valence-corrected chi connectivity index (χ0v) is 18.5. The molecule has 10 heteroatoms. The highest BCUT2D eigenvalue weighted by Crippen LogP contribution is 2.36. The predicted octanol–water partition coefficient (Wildman–Crippen LogP) is 3.27. The number of benzene rings is 2. The van der Waals surface area contributed by atoms with Crippen LogP contribution in [-0.2, 0) is 4.79 Å². The van der Waals surface area contributed by atoms with Gasteiger partial charge in [0, 0.05) is 4.47 Å². The Hall–Kier alpha value is -2.91. The van der Waals surface area contributed by atoms with Crippen LogP contribution in [0.3, 0.4) is 0 Å². The summed E-state index contributed by atoms with van der Waals surface area (Å²) >= 11 is 9.65. The monoisotopic (exact) mass is 492 g/mol. The van der Waals surface area contributed by atoms with Gasteiger partial charge in [-0.15, -0.1) is 0 Å². The number of aromatic nitrogens is 2. The lowest BCUT2D eigenvalue weighted by molar-refractivity contribution is -0.119. The molecular formula is C20H18BrClN4O4. The van der Waals surface area contributed by atoms with Crippen LogP contribution in [0, 0.1) is 6.92 Å². The number of carbonyl (C=O) groups is 1. The number of nitrogens with two attached hydrogens (primary N) is 1. The summed E-state index contributed by atoms with van der Waals surface area (Å²) in [5.74, 6) is 0.338. The third kappa shape index (κ3) is 4.80. The first kappa shape index (κ1) is 21.8. The Balaban J connectivity index is 2.01. The van der Waals surface area contributed by atoms with Crippen LogP contribution in [0.15, 0.2) is 44.7 Å². The average molecular weight is 494 g/mol. The molecule has 156 valence electrons. The fourth-order valence-electron chi connectivity index (χ4n) is 2.73. The van der Waals surface area contributed by atoms with Gasteiger partial charge in [-0.1, -0.05) is 27.5 Å². The van der Waals surface area contributed by atoms with Gasteiger partial charge in [-0.25, -0.2) is 4.98 Å². The van der Waals surface area contributed by atoms with Crippen LogP contribution in [0.4, 0.5) is 0 Å². The smallest absolute Gasteiger partial charge is 0.282 e. The van der Waals surface area contributed by atoms with Crippen molar-refractivity contribution in [1.29, 1.82) is 0 Å². The molecule has 0 spiro atoms. The summed E-state index contributed by atoms with van der Waals surface area (Å²) in [7, 11) is 0. The van der Waals surface area contributed by atoms with Gasteiger partial charge in [0.1, 0.15) is 5.82 Å².